The zero-order chi connectivity index (χ0) is 14.1. The topological polar surface area (TPSA) is 59.2 Å². The van der Waals surface area contributed by atoms with Crippen molar-refractivity contribution >= 4 is 17.2 Å². The number of likely N-dealkylation sites (N-methyl/N-ethyl adjacent to an activating group) is 1. The molecule has 1 amide bonds. The summed E-state index contributed by atoms with van der Waals surface area (Å²) in [5, 5.41) is 0. The second kappa shape index (κ2) is 4.85. The van der Waals surface area contributed by atoms with Crippen molar-refractivity contribution in [2.45, 2.75) is 32.1 Å². The molecule has 0 saturated carbocycles. The van der Waals surface area contributed by atoms with E-state index in [4.69, 9.17) is 5.73 Å². The molecule has 1 unspecified atom stereocenters. The first-order valence-corrected chi connectivity index (χ1v) is 5.95. The van der Waals surface area contributed by atoms with Gasteiger partial charge in [-0.1, -0.05) is 0 Å². The van der Waals surface area contributed by atoms with E-state index in [0.29, 0.717) is 12.6 Å². The minimum atomic E-state index is -4.78. The number of carbonyl (C=O) groups is 1. The number of rotatable bonds is 3. The van der Waals surface area contributed by atoms with Gasteiger partial charge in [-0.3, -0.25) is 4.79 Å². The third kappa shape index (κ3) is 2.81. The van der Waals surface area contributed by atoms with Crippen molar-refractivity contribution in [3.63, 3.8) is 0 Å². The first-order chi connectivity index (χ1) is 8.07. The van der Waals surface area contributed by atoms with E-state index >= 15 is 0 Å². The van der Waals surface area contributed by atoms with Crippen LogP contribution in [0.3, 0.4) is 0 Å². The first kappa shape index (κ1) is 14.9. The normalized spacial score (nSPS) is 15.3. The van der Waals surface area contributed by atoms with E-state index in [9.17, 15) is 18.0 Å². The Balaban J connectivity index is 2.83. The van der Waals surface area contributed by atoms with E-state index in [1.54, 1.807) is 12.4 Å². The number of aryl methyl sites for hydroxylation is 1. The highest BCUT2D eigenvalue weighted by Gasteiger charge is 2.54. The Morgan fingerprint density at radius 3 is 2.50 bits per heavy atom. The van der Waals surface area contributed by atoms with Gasteiger partial charge in [-0.15, -0.1) is 11.3 Å². The van der Waals surface area contributed by atoms with Gasteiger partial charge in [0.15, 0.2) is 5.54 Å². The molecule has 0 aliphatic carbocycles. The van der Waals surface area contributed by atoms with E-state index in [-0.39, 0.29) is 6.54 Å². The fourth-order valence-corrected chi connectivity index (χ4v) is 2.11. The maximum atomic E-state index is 12.6. The number of nitrogens with zero attached hydrogens (tertiary/aromatic N) is 2. The summed E-state index contributed by atoms with van der Waals surface area (Å²) in [7, 11) is 1.29. The van der Waals surface area contributed by atoms with Crippen molar-refractivity contribution in [2.24, 2.45) is 5.73 Å². The molecule has 1 atom stereocenters. The molecule has 2 N–H and O–H groups in total. The predicted molar refractivity (Wildman–Crippen MR) is 62.0 cm³/mol. The number of aromatic nitrogens is 1. The lowest BCUT2D eigenvalue weighted by Crippen LogP contribution is -2.61. The highest BCUT2D eigenvalue weighted by Crippen LogP contribution is 2.29. The standard InChI is InChI=1S/C10H14F3N3OS/c1-6-7(18-5-15-6)4-16(3)8(17)9(2,14)10(11,12)13/h5H,4,14H2,1-3H3. The fourth-order valence-electron chi connectivity index (χ4n) is 1.28. The Labute approximate surface area is 107 Å². The van der Waals surface area contributed by atoms with Gasteiger partial charge < -0.3 is 10.6 Å². The van der Waals surface area contributed by atoms with Crippen LogP contribution in [-0.4, -0.2) is 34.6 Å². The van der Waals surface area contributed by atoms with E-state index < -0.39 is 17.6 Å². The highest BCUT2D eigenvalue weighted by atomic mass is 32.1. The maximum absolute atomic E-state index is 12.6. The van der Waals surface area contributed by atoms with Gasteiger partial charge in [0.05, 0.1) is 17.7 Å². The largest absolute Gasteiger partial charge is 0.415 e. The van der Waals surface area contributed by atoms with E-state index in [0.717, 1.165) is 9.78 Å². The highest BCUT2D eigenvalue weighted by molar-refractivity contribution is 7.09. The molecule has 4 nitrogen and oxygen atoms in total. The summed E-state index contributed by atoms with van der Waals surface area (Å²) < 4.78 is 37.9. The van der Waals surface area contributed by atoms with Crippen LogP contribution in [0.4, 0.5) is 13.2 Å². The van der Waals surface area contributed by atoms with Gasteiger partial charge in [0.25, 0.3) is 5.91 Å². The second-order valence-electron chi connectivity index (χ2n) is 4.22. The number of halogens is 3. The number of amides is 1. The van der Waals surface area contributed by atoms with Crippen LogP contribution >= 0.6 is 11.3 Å². The van der Waals surface area contributed by atoms with Gasteiger partial charge in [-0.25, -0.2) is 4.98 Å². The van der Waals surface area contributed by atoms with Crippen molar-refractivity contribution in [2.75, 3.05) is 7.05 Å². The number of thiazole rings is 1. The zero-order valence-corrected chi connectivity index (χ0v) is 11.0. The Kier molecular flexibility index (Phi) is 4.02. The fraction of sp³-hybridized carbons (Fsp3) is 0.600. The summed E-state index contributed by atoms with van der Waals surface area (Å²) >= 11 is 1.29. The van der Waals surface area contributed by atoms with Gasteiger partial charge in [0, 0.05) is 11.9 Å². The summed E-state index contributed by atoms with van der Waals surface area (Å²) in [5.41, 5.74) is 4.48. The molecule has 1 aromatic heterocycles. The van der Waals surface area contributed by atoms with Gasteiger partial charge >= 0.3 is 6.18 Å². The molecule has 18 heavy (non-hydrogen) atoms. The molecule has 0 radical (unpaired) electrons. The average Bonchev–Trinajstić information content (AvgIpc) is 2.61. The van der Waals surface area contributed by atoms with Gasteiger partial charge in [0.1, 0.15) is 0 Å². The lowest BCUT2D eigenvalue weighted by atomic mass is 10.0. The first-order valence-electron chi connectivity index (χ1n) is 5.07. The van der Waals surface area contributed by atoms with Crippen molar-refractivity contribution in [3.8, 4) is 0 Å². The number of hydrogen-bond donors (Lipinski definition) is 1. The lowest BCUT2D eigenvalue weighted by molar-refractivity contribution is -0.193. The average molecular weight is 281 g/mol. The number of hydrogen-bond acceptors (Lipinski definition) is 4. The number of alkyl halides is 3. The quantitative estimate of drug-likeness (QED) is 0.917. The molecule has 0 saturated heterocycles. The molecule has 1 rings (SSSR count). The Hall–Kier alpha value is -1.15. The molecule has 0 aliphatic heterocycles. The molecule has 102 valence electrons. The molecule has 0 aliphatic rings. The molecular weight excluding hydrogens is 267 g/mol. The maximum Gasteiger partial charge on any atom is 0.415 e. The molecule has 1 aromatic rings. The van der Waals surface area contributed by atoms with E-state index in [1.165, 1.54) is 18.4 Å². The Morgan fingerprint density at radius 1 is 1.56 bits per heavy atom. The van der Waals surface area contributed by atoms with Crippen LogP contribution in [0.5, 0.6) is 0 Å². The van der Waals surface area contributed by atoms with Crippen molar-refractivity contribution < 1.29 is 18.0 Å². The van der Waals surface area contributed by atoms with Crippen LogP contribution in [0.25, 0.3) is 0 Å². The van der Waals surface area contributed by atoms with Crippen LogP contribution in [-0.2, 0) is 11.3 Å². The third-order valence-electron chi connectivity index (χ3n) is 2.61. The third-order valence-corrected chi connectivity index (χ3v) is 3.53. The zero-order valence-electron chi connectivity index (χ0n) is 10.2. The summed E-state index contributed by atoms with van der Waals surface area (Å²) in [6.07, 6.45) is -4.78. The second-order valence-corrected chi connectivity index (χ2v) is 5.16. The predicted octanol–water partition coefficient (Wildman–Crippen LogP) is 1.69. The molecule has 0 aromatic carbocycles. The summed E-state index contributed by atoms with van der Waals surface area (Å²) in [5.74, 6) is -1.16. The van der Waals surface area contributed by atoms with E-state index in [2.05, 4.69) is 4.98 Å². The molecule has 0 fully saturated rings. The summed E-state index contributed by atoms with van der Waals surface area (Å²) in [6, 6.07) is 0. The van der Waals surface area contributed by atoms with E-state index in [1.807, 2.05) is 0 Å². The van der Waals surface area contributed by atoms with Crippen molar-refractivity contribution in [1.29, 1.82) is 0 Å². The Bertz CT molecular complexity index is 442. The summed E-state index contributed by atoms with van der Waals surface area (Å²) in [6.45, 7) is 2.47. The molecule has 8 heteroatoms. The van der Waals surface area contributed by atoms with Crippen LogP contribution in [0.2, 0.25) is 0 Å². The number of carbonyl (C=O) groups excluding carboxylic acids is 1. The molecule has 0 spiro atoms. The van der Waals surface area contributed by atoms with Crippen LogP contribution in [0, 0.1) is 6.92 Å². The SMILES string of the molecule is Cc1ncsc1CN(C)C(=O)C(C)(N)C(F)(F)F. The monoisotopic (exact) mass is 281 g/mol. The van der Waals surface area contributed by atoms with Gasteiger partial charge in [-0.2, -0.15) is 13.2 Å². The minimum Gasteiger partial charge on any atom is -0.339 e. The van der Waals surface area contributed by atoms with Crippen LogP contribution in [0.1, 0.15) is 17.5 Å². The summed E-state index contributed by atoms with van der Waals surface area (Å²) in [4.78, 5) is 17.4. The smallest absolute Gasteiger partial charge is 0.339 e. The molecular formula is C10H14F3N3OS. The minimum absolute atomic E-state index is 0.0677. The molecule has 1 heterocycles. The Morgan fingerprint density at radius 2 is 2.11 bits per heavy atom. The lowest BCUT2D eigenvalue weighted by Gasteiger charge is -2.30. The number of nitrogens with two attached hydrogens (primary N) is 1. The molecule has 0 bridgehead atoms. The van der Waals surface area contributed by atoms with Gasteiger partial charge in [0.2, 0.25) is 0 Å². The van der Waals surface area contributed by atoms with Crippen LogP contribution in [0.15, 0.2) is 5.51 Å². The van der Waals surface area contributed by atoms with Gasteiger partial charge in [-0.05, 0) is 13.8 Å². The van der Waals surface area contributed by atoms with Crippen molar-refractivity contribution in [3.05, 3.63) is 16.1 Å². The van der Waals surface area contributed by atoms with Crippen LogP contribution < -0.4 is 5.73 Å². The van der Waals surface area contributed by atoms with Crippen molar-refractivity contribution in [1.82, 2.24) is 9.88 Å².